The Kier molecular flexibility index (Phi) is 6.49. The van der Waals surface area contributed by atoms with Gasteiger partial charge in [-0.25, -0.2) is 13.4 Å². The SMILES string of the molecule is COc1ccccc1Nc1ccc(NS(=O)(=O)CCCc2ccccc2)cn1. The highest BCUT2D eigenvalue weighted by molar-refractivity contribution is 7.92. The number of pyridine rings is 1. The zero-order valence-electron chi connectivity index (χ0n) is 15.6. The maximum atomic E-state index is 12.3. The van der Waals surface area contributed by atoms with Gasteiger partial charge in [0, 0.05) is 0 Å². The number of aromatic nitrogens is 1. The van der Waals surface area contributed by atoms with Gasteiger partial charge in [0.15, 0.2) is 0 Å². The van der Waals surface area contributed by atoms with Gasteiger partial charge in [-0.05, 0) is 42.7 Å². The Morgan fingerprint density at radius 3 is 2.43 bits per heavy atom. The monoisotopic (exact) mass is 397 g/mol. The van der Waals surface area contributed by atoms with Crippen molar-refractivity contribution in [2.24, 2.45) is 0 Å². The molecule has 7 heteroatoms. The number of sulfonamides is 1. The summed E-state index contributed by atoms with van der Waals surface area (Å²) >= 11 is 0. The van der Waals surface area contributed by atoms with Crippen LogP contribution in [0.2, 0.25) is 0 Å². The molecular formula is C21H23N3O3S. The zero-order chi connectivity index (χ0) is 19.8. The summed E-state index contributed by atoms with van der Waals surface area (Å²) < 4.78 is 32.4. The largest absolute Gasteiger partial charge is 0.495 e. The molecule has 1 aromatic heterocycles. The predicted molar refractivity (Wildman–Crippen MR) is 113 cm³/mol. The normalized spacial score (nSPS) is 11.0. The fraction of sp³-hybridized carbons (Fsp3) is 0.190. The summed E-state index contributed by atoms with van der Waals surface area (Å²) in [5.74, 6) is 1.35. The van der Waals surface area contributed by atoms with Gasteiger partial charge < -0.3 is 10.1 Å². The van der Waals surface area contributed by atoms with Crippen LogP contribution in [0.4, 0.5) is 17.2 Å². The molecule has 3 rings (SSSR count). The van der Waals surface area contributed by atoms with E-state index in [0.717, 1.165) is 17.7 Å². The summed E-state index contributed by atoms with van der Waals surface area (Å²) in [7, 11) is -1.82. The highest BCUT2D eigenvalue weighted by atomic mass is 32.2. The Bertz CT molecular complexity index is 991. The van der Waals surface area contributed by atoms with Crippen molar-refractivity contribution in [3.05, 3.63) is 78.5 Å². The molecule has 3 aromatic rings. The van der Waals surface area contributed by atoms with Crippen LogP contribution in [-0.2, 0) is 16.4 Å². The van der Waals surface area contributed by atoms with E-state index in [2.05, 4.69) is 15.0 Å². The van der Waals surface area contributed by atoms with Crippen LogP contribution in [0.25, 0.3) is 0 Å². The summed E-state index contributed by atoms with van der Waals surface area (Å²) in [4.78, 5) is 4.27. The lowest BCUT2D eigenvalue weighted by Gasteiger charge is -2.11. The zero-order valence-corrected chi connectivity index (χ0v) is 16.4. The van der Waals surface area contributed by atoms with E-state index < -0.39 is 10.0 Å². The van der Waals surface area contributed by atoms with E-state index in [4.69, 9.17) is 4.74 Å². The van der Waals surface area contributed by atoms with Crippen molar-refractivity contribution in [3.8, 4) is 5.75 Å². The van der Waals surface area contributed by atoms with E-state index in [1.54, 1.807) is 19.2 Å². The Hall–Kier alpha value is -3.06. The minimum atomic E-state index is -3.42. The highest BCUT2D eigenvalue weighted by Gasteiger charge is 2.11. The highest BCUT2D eigenvalue weighted by Crippen LogP contribution is 2.26. The van der Waals surface area contributed by atoms with Crippen LogP contribution >= 0.6 is 0 Å². The number of anilines is 3. The molecule has 0 saturated carbocycles. The number of hydrogen-bond donors (Lipinski definition) is 2. The van der Waals surface area contributed by atoms with Crippen molar-refractivity contribution >= 4 is 27.2 Å². The number of methoxy groups -OCH3 is 1. The van der Waals surface area contributed by atoms with Gasteiger partial charge in [0.2, 0.25) is 10.0 Å². The molecule has 0 aliphatic rings. The molecule has 1 heterocycles. The molecule has 0 bridgehead atoms. The second-order valence-electron chi connectivity index (χ2n) is 6.27. The average molecular weight is 398 g/mol. The van der Waals surface area contributed by atoms with Gasteiger partial charge in [0.05, 0.1) is 30.4 Å². The van der Waals surface area contributed by atoms with Gasteiger partial charge in [-0.3, -0.25) is 4.72 Å². The van der Waals surface area contributed by atoms with E-state index in [9.17, 15) is 8.42 Å². The summed E-state index contributed by atoms with van der Waals surface area (Å²) in [5.41, 5.74) is 2.35. The molecule has 0 spiro atoms. The van der Waals surface area contributed by atoms with E-state index in [0.29, 0.717) is 23.7 Å². The quantitative estimate of drug-likeness (QED) is 0.565. The van der Waals surface area contributed by atoms with E-state index in [1.165, 1.54) is 6.20 Å². The standard InChI is InChI=1S/C21H23N3O3S/c1-27-20-12-6-5-11-19(20)23-21-14-13-18(16-22-21)24-28(25,26)15-7-10-17-8-3-2-4-9-17/h2-6,8-9,11-14,16,24H,7,10,15H2,1H3,(H,22,23). The Morgan fingerprint density at radius 2 is 1.71 bits per heavy atom. The maximum absolute atomic E-state index is 12.3. The molecule has 0 saturated heterocycles. The Balaban J connectivity index is 1.55. The molecule has 146 valence electrons. The fourth-order valence-corrected chi connectivity index (χ4v) is 3.86. The molecule has 0 aliphatic heterocycles. The van der Waals surface area contributed by atoms with Gasteiger partial charge in [0.25, 0.3) is 0 Å². The minimum absolute atomic E-state index is 0.0586. The van der Waals surface area contributed by atoms with Crippen LogP contribution in [0.1, 0.15) is 12.0 Å². The van der Waals surface area contributed by atoms with Crippen molar-refractivity contribution in [1.82, 2.24) is 4.98 Å². The number of rotatable bonds is 9. The Morgan fingerprint density at radius 1 is 0.964 bits per heavy atom. The van der Waals surface area contributed by atoms with Gasteiger partial charge in [-0.2, -0.15) is 0 Å². The molecule has 0 radical (unpaired) electrons. The van der Waals surface area contributed by atoms with Crippen molar-refractivity contribution in [2.45, 2.75) is 12.8 Å². The van der Waals surface area contributed by atoms with Gasteiger partial charge in [-0.15, -0.1) is 0 Å². The number of hydrogen-bond acceptors (Lipinski definition) is 5. The molecular weight excluding hydrogens is 374 g/mol. The number of ether oxygens (including phenoxy) is 1. The topological polar surface area (TPSA) is 80.3 Å². The molecule has 0 amide bonds. The summed E-state index contributed by atoms with van der Waals surface area (Å²) in [5, 5.41) is 3.15. The lowest BCUT2D eigenvalue weighted by Crippen LogP contribution is -2.17. The number of nitrogens with one attached hydrogen (secondary N) is 2. The van der Waals surface area contributed by atoms with Crippen LogP contribution in [0, 0.1) is 0 Å². The minimum Gasteiger partial charge on any atom is -0.495 e. The molecule has 2 aromatic carbocycles. The molecule has 2 N–H and O–H groups in total. The molecule has 0 fully saturated rings. The number of aryl methyl sites for hydroxylation is 1. The van der Waals surface area contributed by atoms with E-state index in [1.807, 2.05) is 54.6 Å². The molecule has 0 unspecified atom stereocenters. The number of nitrogens with zero attached hydrogens (tertiary/aromatic N) is 1. The van der Waals surface area contributed by atoms with Crippen LogP contribution in [0.5, 0.6) is 5.75 Å². The second-order valence-corrected chi connectivity index (χ2v) is 8.11. The third-order valence-corrected chi connectivity index (χ3v) is 5.50. The first kappa shape index (κ1) is 19.7. The average Bonchev–Trinajstić information content (AvgIpc) is 2.70. The van der Waals surface area contributed by atoms with Gasteiger partial charge in [-0.1, -0.05) is 42.5 Å². The van der Waals surface area contributed by atoms with Gasteiger partial charge >= 0.3 is 0 Å². The van der Waals surface area contributed by atoms with Crippen LogP contribution < -0.4 is 14.8 Å². The van der Waals surface area contributed by atoms with E-state index in [-0.39, 0.29) is 5.75 Å². The molecule has 0 aliphatic carbocycles. The first-order valence-electron chi connectivity index (χ1n) is 8.96. The lowest BCUT2D eigenvalue weighted by atomic mass is 10.1. The second kappa shape index (κ2) is 9.23. The lowest BCUT2D eigenvalue weighted by molar-refractivity contribution is 0.417. The molecule has 28 heavy (non-hydrogen) atoms. The summed E-state index contributed by atoms with van der Waals surface area (Å²) in [6.07, 6.45) is 2.77. The first-order valence-corrected chi connectivity index (χ1v) is 10.6. The summed E-state index contributed by atoms with van der Waals surface area (Å²) in [6.45, 7) is 0. The van der Waals surface area contributed by atoms with Crippen molar-refractivity contribution in [3.63, 3.8) is 0 Å². The molecule has 6 nitrogen and oxygen atoms in total. The van der Waals surface area contributed by atoms with E-state index >= 15 is 0 Å². The third-order valence-electron chi connectivity index (χ3n) is 4.13. The number of para-hydroxylation sites is 2. The van der Waals surface area contributed by atoms with Gasteiger partial charge in [0.1, 0.15) is 11.6 Å². The summed E-state index contributed by atoms with van der Waals surface area (Å²) in [6, 6.07) is 20.7. The first-order chi connectivity index (χ1) is 13.6. The molecule has 0 atom stereocenters. The Labute approximate surface area is 165 Å². The third kappa shape index (κ3) is 5.72. The van der Waals surface area contributed by atoms with Crippen molar-refractivity contribution in [1.29, 1.82) is 0 Å². The van der Waals surface area contributed by atoms with Crippen LogP contribution in [0.3, 0.4) is 0 Å². The van der Waals surface area contributed by atoms with Crippen molar-refractivity contribution < 1.29 is 13.2 Å². The van der Waals surface area contributed by atoms with Crippen molar-refractivity contribution in [2.75, 3.05) is 22.9 Å². The fourth-order valence-electron chi connectivity index (χ4n) is 2.76. The number of benzene rings is 2. The van der Waals surface area contributed by atoms with Crippen LogP contribution in [-0.4, -0.2) is 26.3 Å². The maximum Gasteiger partial charge on any atom is 0.232 e. The van der Waals surface area contributed by atoms with Crippen LogP contribution in [0.15, 0.2) is 72.9 Å². The predicted octanol–water partition coefficient (Wildman–Crippen LogP) is 4.21. The smallest absolute Gasteiger partial charge is 0.232 e.